The van der Waals surface area contributed by atoms with Crippen LogP contribution < -0.4 is 29.4 Å². The Hall–Kier alpha value is -8.75. The normalized spacial score (nSPS) is 12.5. The molecule has 92 heavy (non-hydrogen) atoms. The van der Waals surface area contributed by atoms with Gasteiger partial charge in [-0.25, -0.2) is 9.97 Å². The summed E-state index contributed by atoms with van der Waals surface area (Å²) in [4.78, 5) is 23.4. The van der Waals surface area contributed by atoms with Gasteiger partial charge in [-0.3, -0.25) is 0 Å². The van der Waals surface area contributed by atoms with Crippen LogP contribution in [-0.2, 0) is 60.3 Å². The summed E-state index contributed by atoms with van der Waals surface area (Å²) in [5, 5.41) is 0. The molecule has 0 unspecified atom stereocenters. The summed E-state index contributed by atoms with van der Waals surface area (Å²) in [6.45, 7) is 23.6. The molecule has 2 aromatic heterocycles. The van der Waals surface area contributed by atoms with Gasteiger partial charge in [0.2, 0.25) is 0 Å². The van der Waals surface area contributed by atoms with Gasteiger partial charge >= 0.3 is 0 Å². The summed E-state index contributed by atoms with van der Waals surface area (Å²) in [6, 6.07) is 96.2. The van der Waals surface area contributed by atoms with Crippen LogP contribution in [0, 0.1) is 93.6 Å². The van der Waals surface area contributed by atoms with Gasteiger partial charge in [0.1, 0.15) is 11.6 Å². The van der Waals surface area contributed by atoms with E-state index in [4.69, 9.17) is 9.97 Å². The first-order valence-corrected chi connectivity index (χ1v) is 30.2. The average Bonchev–Trinajstić information content (AvgIpc) is 1.62. The minimum atomic E-state index is 0. The number of para-hydroxylation sites is 6. The molecule has 10 aromatic carbocycles. The number of hydrogen-bond donors (Lipinski definition) is 0. The fourth-order valence-electron chi connectivity index (χ4n) is 12.3. The smallest absolute Gasteiger partial charge is 0.125 e. The van der Waals surface area contributed by atoms with E-state index >= 15 is 0 Å². The van der Waals surface area contributed by atoms with Crippen LogP contribution in [0.1, 0.15) is 44.5 Å². The van der Waals surface area contributed by atoms with Crippen molar-refractivity contribution in [2.75, 3.05) is 29.4 Å². The van der Waals surface area contributed by atoms with Gasteiger partial charge in [0.15, 0.2) is 0 Å². The Balaban J connectivity index is 0.000000149. The van der Waals surface area contributed by atoms with E-state index in [-0.39, 0.29) is 60.3 Å². The molecule has 3 aliphatic rings. The molecule has 0 N–H and O–H groups in total. The van der Waals surface area contributed by atoms with Crippen molar-refractivity contribution in [1.29, 1.82) is 0 Å². The zero-order valence-electron chi connectivity index (χ0n) is 52.5. The number of nitrogens with zero attached hydrogens (tertiary/aromatic N) is 8. The molecular weight excluding hydrogens is 1660 g/mol. The van der Waals surface area contributed by atoms with Gasteiger partial charge in [0, 0.05) is 99.9 Å². The second kappa shape index (κ2) is 29.2. The SMILES string of the molecule is Cc1ccccc1-c1ccc2c(n1)N(c1[c-]cccc1)[CH-]N2c1ccccc1C.Cc1ccccc1N1[CH-]N(c2[c-]cccc2)c2cc(-c3c(C)cccc3C)ccc21.Cc1ccccc1N1[CH-]N(c2[c-]cccc2)c2nc(-c3c(C)cccc3C)ccc21.[Ir].[Ir].[Ir]. The molecule has 5 heterocycles. The third kappa shape index (κ3) is 13.3. The zero-order chi connectivity index (χ0) is 61.1. The van der Waals surface area contributed by atoms with Crippen molar-refractivity contribution in [1.82, 2.24) is 9.97 Å². The van der Waals surface area contributed by atoms with Crippen LogP contribution in [0.15, 0.2) is 249 Å². The summed E-state index contributed by atoms with van der Waals surface area (Å²) in [5.74, 6) is 1.83. The van der Waals surface area contributed by atoms with Crippen molar-refractivity contribution in [2.45, 2.75) is 55.4 Å². The Kier molecular flexibility index (Phi) is 21.0. The number of benzene rings is 10. The standard InChI is InChI=1S/C28H24N2.C27H23N3.C26H21N3.3Ir/c1-20-10-7-8-15-25(20)30-19-29(24-13-5-4-6-14-24)27-18-23(16-17-26(27)30)28-21(2)11-9-12-22(28)3;1-19-10-7-8-15-24(19)30-18-29(22-13-5-4-6-14-22)27-25(30)17-16-23(28-27)26-20(2)11-9-12-21(26)3;1-19-10-6-8-14-22(19)23-16-17-25-26(27-23)28(21-12-4-3-5-13-21)18-29(25)24-15-9-7-11-20(24)2;;;/h4-13,15-19H,1-3H3;4-13,15-18H,1-3H3;3-12,14-18H,1-2H3;;;/q3*-2;;;. The maximum atomic E-state index is 5.14. The number of fused-ring (bicyclic) bond motifs is 3. The molecule has 0 bridgehead atoms. The van der Waals surface area contributed by atoms with Crippen molar-refractivity contribution >= 4 is 68.5 Å². The summed E-state index contributed by atoms with van der Waals surface area (Å²) >= 11 is 0. The monoisotopic (exact) mass is 1730 g/mol. The maximum Gasteiger partial charge on any atom is 0.125 e. The first kappa shape index (κ1) is 66.2. The summed E-state index contributed by atoms with van der Waals surface area (Å²) in [5.41, 5.74) is 27.8. The number of aromatic nitrogens is 2. The van der Waals surface area contributed by atoms with E-state index in [0.29, 0.717) is 0 Å². The van der Waals surface area contributed by atoms with Crippen LogP contribution in [0.5, 0.6) is 0 Å². The average molecular weight is 1730 g/mol. The predicted octanol–water partition coefficient (Wildman–Crippen LogP) is 20.9. The van der Waals surface area contributed by atoms with Crippen LogP contribution in [0.2, 0.25) is 0 Å². The van der Waals surface area contributed by atoms with E-state index in [2.05, 4.69) is 323 Å². The molecular formula is C81H68Ir3N8-6. The number of aryl methyl sites for hydroxylation is 8. The van der Waals surface area contributed by atoms with Gasteiger partial charge in [0.05, 0.1) is 22.8 Å². The van der Waals surface area contributed by atoms with Gasteiger partial charge in [-0.15, -0.1) is 37.1 Å². The van der Waals surface area contributed by atoms with Gasteiger partial charge in [-0.1, -0.05) is 121 Å². The molecule has 0 fully saturated rings. The van der Waals surface area contributed by atoms with E-state index < -0.39 is 0 Å². The van der Waals surface area contributed by atoms with Crippen molar-refractivity contribution in [2.24, 2.45) is 0 Å². The second-order valence-electron chi connectivity index (χ2n) is 22.8. The van der Waals surface area contributed by atoms with Crippen molar-refractivity contribution in [3.05, 3.63) is 331 Å². The first-order chi connectivity index (χ1) is 43.5. The number of anilines is 12. The zero-order valence-corrected chi connectivity index (χ0v) is 59.7. The van der Waals surface area contributed by atoms with Crippen LogP contribution in [0.4, 0.5) is 68.5 Å². The predicted molar refractivity (Wildman–Crippen MR) is 370 cm³/mol. The van der Waals surface area contributed by atoms with Gasteiger partial charge in [0.25, 0.3) is 0 Å². The molecule has 0 spiro atoms. The fourth-order valence-corrected chi connectivity index (χ4v) is 12.3. The van der Waals surface area contributed by atoms with E-state index in [1.165, 1.54) is 78.3 Å². The third-order valence-electron chi connectivity index (χ3n) is 16.8. The minimum absolute atomic E-state index is 0. The van der Waals surface area contributed by atoms with Crippen LogP contribution in [-0.4, -0.2) is 9.97 Å². The molecule has 0 amide bonds. The van der Waals surface area contributed by atoms with Crippen LogP contribution in [0.25, 0.3) is 33.6 Å². The van der Waals surface area contributed by atoms with E-state index in [9.17, 15) is 0 Å². The van der Waals surface area contributed by atoms with Gasteiger partial charge < -0.3 is 29.4 Å². The molecule has 0 aliphatic carbocycles. The number of pyridine rings is 2. The van der Waals surface area contributed by atoms with Crippen molar-refractivity contribution in [3.63, 3.8) is 0 Å². The summed E-state index contributed by atoms with van der Waals surface area (Å²) < 4.78 is 0. The van der Waals surface area contributed by atoms with Gasteiger partial charge in [-0.05, 0) is 166 Å². The Labute approximate surface area is 584 Å². The van der Waals surface area contributed by atoms with E-state index in [1.807, 2.05) is 48.5 Å². The molecule has 0 saturated carbocycles. The van der Waals surface area contributed by atoms with E-state index in [0.717, 1.165) is 68.4 Å². The number of hydrogen-bond acceptors (Lipinski definition) is 8. The van der Waals surface area contributed by atoms with Crippen molar-refractivity contribution < 1.29 is 60.3 Å². The molecule has 12 aromatic rings. The molecule has 0 saturated heterocycles. The minimum Gasteiger partial charge on any atom is -0.493 e. The Morgan fingerprint density at radius 3 is 1.08 bits per heavy atom. The molecule has 465 valence electrons. The number of rotatable bonds is 9. The Morgan fingerprint density at radius 2 is 0.630 bits per heavy atom. The Bertz CT molecular complexity index is 4290. The third-order valence-corrected chi connectivity index (χ3v) is 16.8. The largest absolute Gasteiger partial charge is 0.493 e. The van der Waals surface area contributed by atoms with Crippen molar-refractivity contribution in [3.8, 4) is 33.6 Å². The van der Waals surface area contributed by atoms with E-state index in [1.54, 1.807) is 0 Å². The summed E-state index contributed by atoms with van der Waals surface area (Å²) in [7, 11) is 0. The summed E-state index contributed by atoms with van der Waals surface area (Å²) in [6.07, 6.45) is 0. The molecule has 0 atom stereocenters. The maximum absolute atomic E-state index is 5.14. The van der Waals surface area contributed by atoms with Crippen LogP contribution in [0.3, 0.4) is 0 Å². The molecule has 11 heteroatoms. The Morgan fingerprint density at radius 1 is 0.272 bits per heavy atom. The topological polar surface area (TPSA) is 45.2 Å². The van der Waals surface area contributed by atoms with Gasteiger partial charge in [-0.2, -0.15) is 91.0 Å². The second-order valence-corrected chi connectivity index (χ2v) is 22.8. The molecule has 8 nitrogen and oxygen atoms in total. The molecule has 15 rings (SSSR count). The quantitative estimate of drug-likeness (QED) is 0.133. The first-order valence-electron chi connectivity index (χ1n) is 30.2. The van der Waals surface area contributed by atoms with Crippen LogP contribution >= 0.6 is 0 Å². The fraction of sp³-hybridized carbons (Fsp3) is 0.0988. The molecule has 3 aliphatic heterocycles. The molecule has 3 radical (unpaired) electrons.